The second-order valence-corrected chi connectivity index (χ2v) is 9.65. The summed E-state index contributed by atoms with van der Waals surface area (Å²) in [6.07, 6.45) is 2.19. The van der Waals surface area contributed by atoms with Crippen molar-refractivity contribution in [2.24, 2.45) is 0 Å². The number of phenolic OH excluding ortho intramolecular Hbond substituents is 1. The molecular weight excluding hydrogens is 428 g/mol. The predicted octanol–water partition coefficient (Wildman–Crippen LogP) is 0.490. The number of carbonyl (C=O) groups is 2. The lowest BCUT2D eigenvalue weighted by Gasteiger charge is -2.56. The van der Waals surface area contributed by atoms with Crippen molar-refractivity contribution in [1.82, 2.24) is 10.2 Å². The van der Waals surface area contributed by atoms with Crippen LogP contribution in [0.4, 0.5) is 0 Å². The lowest BCUT2D eigenvalue weighted by molar-refractivity contribution is -0.149. The van der Waals surface area contributed by atoms with Gasteiger partial charge < -0.3 is 35.0 Å². The first-order valence-electron chi connectivity index (χ1n) is 11.5. The number of likely N-dealkylation sites (N-methyl/N-ethyl adjacent to an activating group) is 1. The van der Waals surface area contributed by atoms with Crippen LogP contribution in [0.5, 0.6) is 11.5 Å². The molecule has 1 saturated heterocycles. The summed E-state index contributed by atoms with van der Waals surface area (Å²) in [4.78, 5) is 26.3. The van der Waals surface area contributed by atoms with E-state index in [1.54, 1.807) is 12.1 Å². The fraction of sp³-hybridized carbons (Fsp3) is 0.583. The van der Waals surface area contributed by atoms with Crippen LogP contribution in [0.3, 0.4) is 0 Å². The van der Waals surface area contributed by atoms with Gasteiger partial charge in [0.2, 0.25) is 5.91 Å². The molecule has 2 aliphatic carbocycles. The molecule has 5 rings (SSSR count). The maximum Gasteiger partial charge on any atom is 0.312 e. The highest BCUT2D eigenvalue weighted by Crippen LogP contribution is 2.64. The van der Waals surface area contributed by atoms with Crippen LogP contribution < -0.4 is 10.1 Å². The van der Waals surface area contributed by atoms with Crippen molar-refractivity contribution in [3.8, 4) is 11.5 Å². The van der Waals surface area contributed by atoms with Gasteiger partial charge in [0.15, 0.2) is 17.6 Å². The molecule has 1 aromatic carbocycles. The minimum absolute atomic E-state index is 0.0161. The van der Waals surface area contributed by atoms with E-state index >= 15 is 0 Å². The van der Waals surface area contributed by atoms with E-state index in [2.05, 4.69) is 10.2 Å². The first kappa shape index (κ1) is 22.2. The number of aliphatic hydroxyl groups is 2. The molecule has 1 fully saturated rings. The Morgan fingerprint density at radius 1 is 1.39 bits per heavy atom. The van der Waals surface area contributed by atoms with Crippen molar-refractivity contribution in [3.63, 3.8) is 0 Å². The number of aliphatic hydroxyl groups excluding tert-OH is 1. The quantitative estimate of drug-likeness (QED) is 0.470. The van der Waals surface area contributed by atoms with E-state index in [0.29, 0.717) is 30.8 Å². The third-order valence-corrected chi connectivity index (χ3v) is 7.82. The van der Waals surface area contributed by atoms with Gasteiger partial charge in [0.1, 0.15) is 11.9 Å². The maximum atomic E-state index is 12.6. The average molecular weight is 459 g/mol. The maximum absolute atomic E-state index is 12.6. The molecule has 4 aliphatic rings. The van der Waals surface area contributed by atoms with E-state index in [9.17, 15) is 24.9 Å². The molecule has 1 spiro atoms. The van der Waals surface area contributed by atoms with Gasteiger partial charge in [-0.05, 0) is 57.5 Å². The monoisotopic (exact) mass is 458 g/mol. The van der Waals surface area contributed by atoms with E-state index in [0.717, 1.165) is 24.1 Å². The number of aromatic hydroxyl groups is 1. The van der Waals surface area contributed by atoms with Crippen molar-refractivity contribution in [2.45, 2.75) is 68.3 Å². The summed E-state index contributed by atoms with van der Waals surface area (Å²) < 4.78 is 12.0. The number of nitrogens with one attached hydrogen (secondary N) is 1. The number of carbonyl (C=O) groups excluding carboxylic acids is 2. The number of amides is 1. The molecule has 0 radical (unpaired) electrons. The molecule has 33 heavy (non-hydrogen) atoms. The summed E-state index contributed by atoms with van der Waals surface area (Å²) in [5.41, 5.74) is -0.0695. The molecule has 2 bridgehead atoms. The largest absolute Gasteiger partial charge is 0.504 e. The van der Waals surface area contributed by atoms with Gasteiger partial charge >= 0.3 is 5.97 Å². The van der Waals surface area contributed by atoms with Crippen LogP contribution in [-0.2, 0) is 26.2 Å². The third-order valence-electron chi connectivity index (χ3n) is 7.82. The van der Waals surface area contributed by atoms with Crippen LogP contribution in [0.25, 0.3) is 0 Å². The summed E-state index contributed by atoms with van der Waals surface area (Å²) in [6, 6.07) is 3.40. The number of nitrogens with zero attached hydrogens (tertiary/aromatic N) is 1. The SMILES string of the molecule is C[C@H](O)C(=O)NCCC(=O)OC1=CC[C@@]2(O)[C@H]3Cc4ccc(O)c5c4[C@@]2(CCCN3C)[C@H]1O5. The Labute approximate surface area is 192 Å². The smallest absolute Gasteiger partial charge is 0.312 e. The normalized spacial score (nSPS) is 32.7. The van der Waals surface area contributed by atoms with E-state index in [1.807, 2.05) is 13.1 Å². The van der Waals surface area contributed by atoms with Crippen LogP contribution in [0, 0.1) is 0 Å². The molecule has 2 heterocycles. The zero-order valence-corrected chi connectivity index (χ0v) is 18.8. The summed E-state index contributed by atoms with van der Waals surface area (Å²) in [5, 5.41) is 34.5. The summed E-state index contributed by atoms with van der Waals surface area (Å²) in [6.45, 7) is 2.21. The van der Waals surface area contributed by atoms with Crippen molar-refractivity contribution in [1.29, 1.82) is 0 Å². The molecule has 4 N–H and O–H groups in total. The zero-order chi connectivity index (χ0) is 23.5. The number of ether oxygens (including phenoxy) is 2. The molecule has 2 aliphatic heterocycles. The first-order chi connectivity index (χ1) is 15.7. The van der Waals surface area contributed by atoms with Gasteiger partial charge in [-0.3, -0.25) is 9.59 Å². The van der Waals surface area contributed by atoms with Gasteiger partial charge in [-0.15, -0.1) is 0 Å². The second kappa shape index (κ2) is 7.72. The molecule has 0 aromatic heterocycles. The van der Waals surface area contributed by atoms with Crippen LogP contribution in [-0.4, -0.2) is 76.1 Å². The van der Waals surface area contributed by atoms with E-state index in [1.165, 1.54) is 6.92 Å². The molecule has 9 heteroatoms. The molecule has 5 atom stereocenters. The van der Waals surface area contributed by atoms with Crippen LogP contribution in [0.15, 0.2) is 24.0 Å². The molecule has 0 unspecified atom stereocenters. The molecule has 178 valence electrons. The predicted molar refractivity (Wildman–Crippen MR) is 117 cm³/mol. The van der Waals surface area contributed by atoms with Gasteiger partial charge in [0.25, 0.3) is 0 Å². The van der Waals surface area contributed by atoms with Crippen LogP contribution >= 0.6 is 0 Å². The van der Waals surface area contributed by atoms with Crippen molar-refractivity contribution in [2.75, 3.05) is 20.1 Å². The fourth-order valence-electron chi connectivity index (χ4n) is 6.31. The summed E-state index contributed by atoms with van der Waals surface area (Å²) in [5.74, 6) is -0.388. The number of hydrogen-bond donors (Lipinski definition) is 4. The Balaban J connectivity index is 1.47. The summed E-state index contributed by atoms with van der Waals surface area (Å²) >= 11 is 0. The summed E-state index contributed by atoms with van der Waals surface area (Å²) in [7, 11) is 2.03. The van der Waals surface area contributed by atoms with Crippen LogP contribution in [0.1, 0.15) is 43.7 Å². The van der Waals surface area contributed by atoms with E-state index < -0.39 is 35.1 Å². The fourth-order valence-corrected chi connectivity index (χ4v) is 6.31. The van der Waals surface area contributed by atoms with Gasteiger partial charge in [0, 0.05) is 24.6 Å². The highest BCUT2D eigenvalue weighted by atomic mass is 16.6. The Morgan fingerprint density at radius 2 is 2.18 bits per heavy atom. The molecule has 9 nitrogen and oxygen atoms in total. The van der Waals surface area contributed by atoms with Crippen LogP contribution in [0.2, 0.25) is 0 Å². The number of phenols is 1. The highest BCUT2D eigenvalue weighted by Gasteiger charge is 2.70. The Hall–Kier alpha value is -2.62. The standard InChI is InChI=1S/C24H30N2O7/c1-13(27)22(30)25-10-7-18(29)32-16-6-9-24(31)17-12-14-4-5-15(28)20-19(14)23(24,21(16)33-20)8-3-11-26(17)2/h4-6,13,17,21,27-28,31H,3,7-12H2,1-2H3,(H,25,30)/t13-,17+,21-,23-,24+/m0/s1. The van der Waals surface area contributed by atoms with Gasteiger partial charge in [-0.25, -0.2) is 0 Å². The lowest BCUT2D eigenvalue weighted by Crippen LogP contribution is -2.69. The molecule has 1 amide bonds. The minimum atomic E-state index is -1.15. The molecule has 0 saturated carbocycles. The first-order valence-corrected chi connectivity index (χ1v) is 11.5. The average Bonchev–Trinajstić information content (AvgIpc) is 3.11. The Morgan fingerprint density at radius 3 is 2.94 bits per heavy atom. The topological polar surface area (TPSA) is 129 Å². The van der Waals surface area contributed by atoms with Gasteiger partial charge in [-0.1, -0.05) is 6.07 Å². The van der Waals surface area contributed by atoms with E-state index in [4.69, 9.17) is 9.47 Å². The number of hydrogen-bond acceptors (Lipinski definition) is 8. The zero-order valence-electron chi connectivity index (χ0n) is 18.8. The molecule has 1 aromatic rings. The highest BCUT2D eigenvalue weighted by molar-refractivity contribution is 5.80. The number of esters is 1. The van der Waals surface area contributed by atoms with Crippen molar-refractivity contribution < 1.29 is 34.4 Å². The van der Waals surface area contributed by atoms with Crippen molar-refractivity contribution >= 4 is 11.9 Å². The minimum Gasteiger partial charge on any atom is -0.504 e. The Bertz CT molecular complexity index is 1040. The number of likely N-dealkylation sites (tertiary alicyclic amines) is 1. The number of benzene rings is 1. The Kier molecular flexibility index (Phi) is 5.19. The number of rotatable bonds is 5. The molecular formula is C24H30N2O7. The van der Waals surface area contributed by atoms with Crippen molar-refractivity contribution in [3.05, 3.63) is 35.1 Å². The van der Waals surface area contributed by atoms with E-state index in [-0.39, 0.29) is 24.8 Å². The third kappa shape index (κ3) is 3.09. The van der Waals surface area contributed by atoms with Gasteiger partial charge in [-0.2, -0.15) is 0 Å². The lowest BCUT2D eigenvalue weighted by atomic mass is 9.52. The van der Waals surface area contributed by atoms with Gasteiger partial charge in [0.05, 0.1) is 17.4 Å². The second-order valence-electron chi connectivity index (χ2n) is 9.65.